The quantitative estimate of drug-likeness (QED) is 0.882. The van der Waals surface area contributed by atoms with Crippen LogP contribution in [0.2, 0.25) is 0 Å². The van der Waals surface area contributed by atoms with Crippen molar-refractivity contribution in [2.75, 3.05) is 19.7 Å². The first kappa shape index (κ1) is 15.2. The summed E-state index contributed by atoms with van der Waals surface area (Å²) in [5.74, 6) is -2.18. The van der Waals surface area contributed by atoms with Crippen molar-refractivity contribution in [3.8, 4) is 0 Å². The zero-order valence-electron chi connectivity index (χ0n) is 10.6. The largest absolute Gasteiger partial charge is 0.479 e. The first-order valence-corrected chi connectivity index (χ1v) is 5.96. The molecule has 1 amide bonds. The molecule has 6 nitrogen and oxygen atoms in total. The number of amides is 1. The number of alkyl halides is 3. The van der Waals surface area contributed by atoms with Gasteiger partial charge in [-0.05, 0) is 12.1 Å². The van der Waals surface area contributed by atoms with Gasteiger partial charge < -0.3 is 14.7 Å². The van der Waals surface area contributed by atoms with Crippen LogP contribution in [0.3, 0.4) is 0 Å². The first-order chi connectivity index (χ1) is 9.80. The Bertz CT molecular complexity index is 562. The molecule has 9 heteroatoms. The van der Waals surface area contributed by atoms with Gasteiger partial charge in [0.05, 0.1) is 18.7 Å². The van der Waals surface area contributed by atoms with Crippen LogP contribution in [0.4, 0.5) is 13.2 Å². The third-order valence-electron chi connectivity index (χ3n) is 2.94. The molecule has 21 heavy (non-hydrogen) atoms. The molecule has 0 saturated carbocycles. The molecule has 1 saturated heterocycles. The lowest BCUT2D eigenvalue weighted by molar-refractivity contribution is -0.154. The molecule has 1 aromatic rings. The van der Waals surface area contributed by atoms with Crippen LogP contribution in [-0.2, 0) is 15.7 Å². The Morgan fingerprint density at radius 1 is 1.43 bits per heavy atom. The topological polar surface area (TPSA) is 79.7 Å². The second-order valence-electron chi connectivity index (χ2n) is 4.35. The summed E-state index contributed by atoms with van der Waals surface area (Å²) >= 11 is 0. The number of hydrogen-bond donors (Lipinski definition) is 1. The van der Waals surface area contributed by atoms with E-state index in [1.165, 1.54) is 6.07 Å². The highest BCUT2D eigenvalue weighted by atomic mass is 19.4. The zero-order chi connectivity index (χ0) is 15.6. The smallest absolute Gasteiger partial charge is 0.434 e. The van der Waals surface area contributed by atoms with Crippen molar-refractivity contribution >= 4 is 11.9 Å². The van der Waals surface area contributed by atoms with E-state index >= 15 is 0 Å². The Hall–Kier alpha value is -2.16. The van der Waals surface area contributed by atoms with Gasteiger partial charge in [0, 0.05) is 12.7 Å². The number of aromatic nitrogens is 1. The number of ether oxygens (including phenoxy) is 1. The number of rotatable bonds is 2. The maximum absolute atomic E-state index is 12.8. The Morgan fingerprint density at radius 2 is 2.14 bits per heavy atom. The molecule has 0 aliphatic carbocycles. The lowest BCUT2D eigenvalue weighted by Gasteiger charge is -2.31. The number of morpholine rings is 1. The maximum atomic E-state index is 12.8. The molecule has 0 radical (unpaired) electrons. The molecule has 0 spiro atoms. The molecule has 1 aromatic heterocycles. The van der Waals surface area contributed by atoms with Crippen molar-refractivity contribution in [1.82, 2.24) is 9.88 Å². The van der Waals surface area contributed by atoms with E-state index in [-0.39, 0.29) is 19.7 Å². The van der Waals surface area contributed by atoms with E-state index in [9.17, 15) is 22.8 Å². The van der Waals surface area contributed by atoms with Gasteiger partial charge in [-0.2, -0.15) is 13.2 Å². The third kappa shape index (κ3) is 3.30. The maximum Gasteiger partial charge on any atom is 0.434 e. The molecule has 1 unspecified atom stereocenters. The Labute approximate surface area is 117 Å². The Balaban J connectivity index is 2.26. The molecule has 1 N–H and O–H groups in total. The average Bonchev–Trinajstić information content (AvgIpc) is 2.45. The number of halogens is 3. The van der Waals surface area contributed by atoms with Crippen LogP contribution in [0, 0.1) is 0 Å². The average molecular weight is 304 g/mol. The number of carbonyl (C=O) groups is 2. The molecular weight excluding hydrogens is 293 g/mol. The van der Waals surface area contributed by atoms with Crippen LogP contribution < -0.4 is 0 Å². The molecule has 2 rings (SSSR count). The van der Waals surface area contributed by atoms with E-state index < -0.39 is 35.4 Å². The minimum atomic E-state index is -4.76. The van der Waals surface area contributed by atoms with Crippen LogP contribution in [0.25, 0.3) is 0 Å². The summed E-state index contributed by atoms with van der Waals surface area (Å²) in [7, 11) is 0. The van der Waals surface area contributed by atoms with Gasteiger partial charge in [-0.25, -0.2) is 4.79 Å². The SMILES string of the molecule is O=C(O)C1CN(C(=O)c2cccnc2C(F)(F)F)CCO1. The molecule has 0 bridgehead atoms. The molecule has 1 aliphatic heterocycles. The number of carboxylic acid groups (broad SMARTS) is 1. The fraction of sp³-hybridized carbons (Fsp3) is 0.417. The minimum Gasteiger partial charge on any atom is -0.479 e. The predicted octanol–water partition coefficient (Wildman–Crippen LogP) is 1.03. The number of nitrogens with zero attached hydrogens (tertiary/aromatic N) is 2. The van der Waals surface area contributed by atoms with Gasteiger partial charge in [-0.3, -0.25) is 9.78 Å². The van der Waals surface area contributed by atoms with E-state index in [1.54, 1.807) is 0 Å². The van der Waals surface area contributed by atoms with Gasteiger partial charge in [0.2, 0.25) is 0 Å². The number of hydrogen-bond acceptors (Lipinski definition) is 4. The summed E-state index contributed by atoms with van der Waals surface area (Å²) in [5, 5.41) is 8.84. The van der Waals surface area contributed by atoms with E-state index in [2.05, 4.69) is 4.98 Å². The fourth-order valence-electron chi connectivity index (χ4n) is 1.96. The molecule has 0 aromatic carbocycles. The van der Waals surface area contributed by atoms with Crippen LogP contribution in [0.1, 0.15) is 16.1 Å². The van der Waals surface area contributed by atoms with Gasteiger partial charge in [-0.1, -0.05) is 0 Å². The lowest BCUT2D eigenvalue weighted by Crippen LogP contribution is -2.48. The van der Waals surface area contributed by atoms with E-state index in [1.807, 2.05) is 0 Å². The van der Waals surface area contributed by atoms with Crippen LogP contribution in [0.15, 0.2) is 18.3 Å². The summed E-state index contributed by atoms with van der Waals surface area (Å²) in [5.41, 5.74) is -1.88. The normalized spacial score (nSPS) is 19.4. The number of carbonyl (C=O) groups excluding carboxylic acids is 1. The van der Waals surface area contributed by atoms with E-state index in [0.29, 0.717) is 0 Å². The highest BCUT2D eigenvalue weighted by Gasteiger charge is 2.39. The molecule has 1 atom stereocenters. The van der Waals surface area contributed by atoms with Crippen LogP contribution in [0.5, 0.6) is 0 Å². The molecular formula is C12H11F3N2O4. The van der Waals surface area contributed by atoms with Crippen molar-refractivity contribution < 1.29 is 32.6 Å². The molecule has 1 fully saturated rings. The number of aliphatic carboxylic acids is 1. The minimum absolute atomic E-state index is 0.0226. The zero-order valence-corrected chi connectivity index (χ0v) is 10.6. The number of carboxylic acids is 1. The lowest BCUT2D eigenvalue weighted by atomic mass is 10.1. The van der Waals surface area contributed by atoms with E-state index in [0.717, 1.165) is 17.2 Å². The van der Waals surface area contributed by atoms with Crippen molar-refractivity contribution in [3.63, 3.8) is 0 Å². The summed E-state index contributed by atoms with van der Waals surface area (Å²) < 4.78 is 43.4. The monoisotopic (exact) mass is 304 g/mol. The van der Waals surface area contributed by atoms with Crippen LogP contribution in [-0.4, -0.2) is 52.7 Å². The molecule has 1 aliphatic rings. The highest BCUT2D eigenvalue weighted by molar-refractivity contribution is 5.95. The Kier molecular flexibility index (Phi) is 4.12. The second-order valence-corrected chi connectivity index (χ2v) is 4.35. The van der Waals surface area contributed by atoms with Gasteiger partial charge in [0.25, 0.3) is 5.91 Å². The van der Waals surface area contributed by atoms with Crippen LogP contribution >= 0.6 is 0 Å². The second kappa shape index (κ2) is 5.68. The first-order valence-electron chi connectivity index (χ1n) is 5.96. The standard InChI is InChI=1S/C12H11F3N2O4/c13-12(14,15)9-7(2-1-3-16-9)10(18)17-4-5-21-8(6-17)11(19)20/h1-3,8H,4-6H2,(H,19,20). The summed E-state index contributed by atoms with van der Waals surface area (Å²) in [6, 6.07) is 2.24. The van der Waals surface area contributed by atoms with E-state index in [4.69, 9.17) is 9.84 Å². The predicted molar refractivity (Wildman–Crippen MR) is 62.5 cm³/mol. The summed E-state index contributed by atoms with van der Waals surface area (Å²) in [6.07, 6.45) is -5.06. The molecule has 114 valence electrons. The van der Waals surface area contributed by atoms with Gasteiger partial charge in [0.15, 0.2) is 11.8 Å². The van der Waals surface area contributed by atoms with Crippen molar-refractivity contribution in [2.24, 2.45) is 0 Å². The number of pyridine rings is 1. The van der Waals surface area contributed by atoms with Gasteiger partial charge >= 0.3 is 12.1 Å². The van der Waals surface area contributed by atoms with Crippen molar-refractivity contribution in [1.29, 1.82) is 0 Å². The fourth-order valence-corrected chi connectivity index (χ4v) is 1.96. The molecule has 2 heterocycles. The Morgan fingerprint density at radius 3 is 2.76 bits per heavy atom. The third-order valence-corrected chi connectivity index (χ3v) is 2.94. The van der Waals surface area contributed by atoms with Gasteiger partial charge in [-0.15, -0.1) is 0 Å². The summed E-state index contributed by atoms with van der Waals surface area (Å²) in [4.78, 5) is 27.2. The van der Waals surface area contributed by atoms with Gasteiger partial charge in [0.1, 0.15) is 0 Å². The summed E-state index contributed by atoms with van der Waals surface area (Å²) in [6.45, 7) is -0.334. The van der Waals surface area contributed by atoms with Crippen molar-refractivity contribution in [3.05, 3.63) is 29.6 Å². The van der Waals surface area contributed by atoms with Crippen molar-refractivity contribution in [2.45, 2.75) is 12.3 Å². The highest BCUT2D eigenvalue weighted by Crippen LogP contribution is 2.30.